The topological polar surface area (TPSA) is 56.2 Å². The van der Waals surface area contributed by atoms with Crippen LogP contribution in [0.15, 0.2) is 18.3 Å². The van der Waals surface area contributed by atoms with Gasteiger partial charge in [0.1, 0.15) is 0 Å². The number of aryl methyl sites for hydroxylation is 1. The van der Waals surface area contributed by atoms with E-state index in [9.17, 15) is 0 Å². The number of nitrogens with two attached hydrogens (primary N) is 1. The summed E-state index contributed by atoms with van der Waals surface area (Å²) in [4.78, 5) is 4.42. The third kappa shape index (κ3) is 1.37. The Morgan fingerprint density at radius 1 is 1.57 bits per heavy atom. The second-order valence-electron chi connectivity index (χ2n) is 3.40. The normalized spacial score (nSPS) is 13.4. The molecule has 1 unspecified atom stereocenters. The van der Waals surface area contributed by atoms with Gasteiger partial charge in [0.05, 0.1) is 0 Å². The van der Waals surface area contributed by atoms with Crippen LogP contribution in [0.25, 0.3) is 5.65 Å². The van der Waals surface area contributed by atoms with Gasteiger partial charge in [-0.1, -0.05) is 13.0 Å². The summed E-state index contributed by atoms with van der Waals surface area (Å²) in [5, 5.41) is 4.32. The third-order valence-electron chi connectivity index (χ3n) is 2.24. The molecule has 0 bridgehead atoms. The van der Waals surface area contributed by atoms with Gasteiger partial charge in [-0.2, -0.15) is 5.10 Å². The quantitative estimate of drug-likeness (QED) is 0.776. The van der Waals surface area contributed by atoms with E-state index < -0.39 is 0 Å². The van der Waals surface area contributed by atoms with E-state index >= 15 is 0 Å². The molecule has 0 radical (unpaired) electrons. The number of nitrogens with zero attached hydrogens (tertiary/aromatic N) is 3. The Morgan fingerprint density at radius 2 is 2.36 bits per heavy atom. The molecule has 1 atom stereocenters. The summed E-state index contributed by atoms with van der Waals surface area (Å²) in [5.74, 6) is 0.859. The maximum atomic E-state index is 5.85. The summed E-state index contributed by atoms with van der Waals surface area (Å²) < 4.78 is 1.79. The highest BCUT2D eigenvalue weighted by Gasteiger charge is 2.08. The summed E-state index contributed by atoms with van der Waals surface area (Å²) in [7, 11) is 0. The van der Waals surface area contributed by atoms with Crippen LogP contribution in [0, 0.1) is 0 Å². The predicted molar refractivity (Wildman–Crippen MR) is 55.0 cm³/mol. The molecule has 0 saturated carbocycles. The lowest BCUT2D eigenvalue weighted by molar-refractivity contribution is 0.808. The molecule has 2 heterocycles. The Hall–Kier alpha value is -1.42. The fraction of sp³-hybridized carbons (Fsp3) is 0.400. The van der Waals surface area contributed by atoms with Crippen LogP contribution in [-0.2, 0) is 6.42 Å². The standard InChI is InChI=1S/C10H14N4/c1-3-9-12-10-8(7(2)11)5-4-6-14(10)13-9/h4-7H,3,11H2,1-2H3. The molecule has 0 fully saturated rings. The van der Waals surface area contributed by atoms with Crippen LogP contribution in [0.4, 0.5) is 0 Å². The van der Waals surface area contributed by atoms with Crippen LogP contribution >= 0.6 is 0 Å². The molecule has 14 heavy (non-hydrogen) atoms. The highest BCUT2D eigenvalue weighted by Crippen LogP contribution is 2.15. The van der Waals surface area contributed by atoms with Crippen LogP contribution in [0.1, 0.15) is 31.3 Å². The van der Waals surface area contributed by atoms with Crippen molar-refractivity contribution < 1.29 is 0 Å². The van der Waals surface area contributed by atoms with Gasteiger partial charge in [-0.05, 0) is 13.0 Å². The minimum atomic E-state index is -0.00685. The van der Waals surface area contributed by atoms with Gasteiger partial charge in [0.2, 0.25) is 0 Å². The van der Waals surface area contributed by atoms with Crippen LogP contribution in [-0.4, -0.2) is 14.6 Å². The third-order valence-corrected chi connectivity index (χ3v) is 2.24. The van der Waals surface area contributed by atoms with Gasteiger partial charge in [0.25, 0.3) is 0 Å². The lowest BCUT2D eigenvalue weighted by atomic mass is 10.1. The maximum Gasteiger partial charge on any atom is 0.160 e. The van der Waals surface area contributed by atoms with Gasteiger partial charge in [0, 0.05) is 24.2 Å². The Balaban J connectivity index is 2.66. The van der Waals surface area contributed by atoms with E-state index in [1.54, 1.807) is 4.52 Å². The smallest absolute Gasteiger partial charge is 0.160 e. The molecular formula is C10H14N4. The molecule has 0 aliphatic heterocycles. The molecule has 4 nitrogen and oxygen atoms in total. The van der Waals surface area contributed by atoms with Crippen molar-refractivity contribution >= 4 is 5.65 Å². The average molecular weight is 190 g/mol. The van der Waals surface area contributed by atoms with Gasteiger partial charge in [0.15, 0.2) is 11.5 Å². The van der Waals surface area contributed by atoms with Crippen molar-refractivity contribution in [3.63, 3.8) is 0 Å². The molecular weight excluding hydrogens is 176 g/mol. The zero-order valence-corrected chi connectivity index (χ0v) is 8.44. The highest BCUT2D eigenvalue weighted by molar-refractivity contribution is 5.48. The second kappa shape index (κ2) is 3.38. The van der Waals surface area contributed by atoms with Crippen LogP contribution in [0.3, 0.4) is 0 Å². The molecule has 2 aromatic rings. The largest absolute Gasteiger partial charge is 0.324 e. The molecule has 0 aliphatic rings. The SMILES string of the molecule is CCc1nc2c(C(C)N)cccn2n1. The van der Waals surface area contributed by atoms with Crippen molar-refractivity contribution in [1.29, 1.82) is 0 Å². The Labute approximate surface area is 82.8 Å². The summed E-state index contributed by atoms with van der Waals surface area (Å²) in [6, 6.07) is 3.93. The van der Waals surface area contributed by atoms with Crippen molar-refractivity contribution in [2.24, 2.45) is 5.73 Å². The number of fused-ring (bicyclic) bond motifs is 1. The molecule has 74 valence electrons. The zero-order chi connectivity index (χ0) is 10.1. The molecule has 2 rings (SSSR count). The molecule has 4 heteroatoms. The number of aromatic nitrogens is 3. The van der Waals surface area contributed by atoms with E-state index in [1.807, 2.05) is 32.2 Å². The van der Waals surface area contributed by atoms with Crippen molar-refractivity contribution in [2.75, 3.05) is 0 Å². The maximum absolute atomic E-state index is 5.85. The minimum Gasteiger partial charge on any atom is -0.324 e. The molecule has 0 amide bonds. The summed E-state index contributed by atoms with van der Waals surface area (Å²) in [5.41, 5.74) is 7.77. The molecule has 0 saturated heterocycles. The molecule has 0 aliphatic carbocycles. The van der Waals surface area contributed by atoms with E-state index in [1.165, 1.54) is 0 Å². The van der Waals surface area contributed by atoms with Gasteiger partial charge in [-0.25, -0.2) is 9.50 Å². The van der Waals surface area contributed by atoms with E-state index in [0.717, 1.165) is 23.5 Å². The van der Waals surface area contributed by atoms with Gasteiger partial charge >= 0.3 is 0 Å². The average Bonchev–Trinajstić information content (AvgIpc) is 2.59. The van der Waals surface area contributed by atoms with Crippen LogP contribution in [0.5, 0.6) is 0 Å². The molecule has 0 spiro atoms. The first-order valence-electron chi connectivity index (χ1n) is 4.82. The van der Waals surface area contributed by atoms with Gasteiger partial charge < -0.3 is 5.73 Å². The van der Waals surface area contributed by atoms with Crippen molar-refractivity contribution in [3.8, 4) is 0 Å². The molecule has 2 N–H and O–H groups in total. The number of hydrogen-bond donors (Lipinski definition) is 1. The van der Waals surface area contributed by atoms with E-state index in [-0.39, 0.29) is 6.04 Å². The predicted octanol–water partition coefficient (Wildman–Crippen LogP) is 1.31. The van der Waals surface area contributed by atoms with Gasteiger partial charge in [-0.3, -0.25) is 0 Å². The fourth-order valence-electron chi connectivity index (χ4n) is 1.48. The number of pyridine rings is 1. The van der Waals surface area contributed by atoms with E-state index in [0.29, 0.717) is 0 Å². The Kier molecular flexibility index (Phi) is 2.21. The lowest BCUT2D eigenvalue weighted by Crippen LogP contribution is -2.07. The van der Waals surface area contributed by atoms with Crippen LogP contribution < -0.4 is 5.73 Å². The number of hydrogen-bond acceptors (Lipinski definition) is 3. The minimum absolute atomic E-state index is 0.00685. The highest BCUT2D eigenvalue weighted by atomic mass is 15.3. The first-order chi connectivity index (χ1) is 6.72. The van der Waals surface area contributed by atoms with E-state index in [4.69, 9.17) is 5.73 Å². The summed E-state index contributed by atoms with van der Waals surface area (Å²) in [6.45, 7) is 4.00. The first-order valence-corrected chi connectivity index (χ1v) is 4.82. The zero-order valence-electron chi connectivity index (χ0n) is 8.44. The second-order valence-corrected chi connectivity index (χ2v) is 3.40. The molecule has 2 aromatic heterocycles. The summed E-state index contributed by atoms with van der Waals surface area (Å²) >= 11 is 0. The number of rotatable bonds is 2. The lowest BCUT2D eigenvalue weighted by Gasteiger charge is -2.04. The molecule has 0 aromatic carbocycles. The van der Waals surface area contributed by atoms with Crippen molar-refractivity contribution in [1.82, 2.24) is 14.6 Å². The van der Waals surface area contributed by atoms with E-state index in [2.05, 4.69) is 10.1 Å². The Bertz CT molecular complexity index is 444. The van der Waals surface area contributed by atoms with Crippen LogP contribution in [0.2, 0.25) is 0 Å². The first kappa shape index (κ1) is 9.15. The van der Waals surface area contributed by atoms with Gasteiger partial charge in [-0.15, -0.1) is 0 Å². The van der Waals surface area contributed by atoms with Crippen molar-refractivity contribution in [2.45, 2.75) is 26.3 Å². The summed E-state index contributed by atoms with van der Waals surface area (Å²) in [6.07, 6.45) is 2.74. The fourth-order valence-corrected chi connectivity index (χ4v) is 1.48. The Morgan fingerprint density at radius 3 is 3.00 bits per heavy atom. The van der Waals surface area contributed by atoms with Crippen molar-refractivity contribution in [3.05, 3.63) is 29.7 Å². The monoisotopic (exact) mass is 190 g/mol.